The van der Waals surface area contributed by atoms with Gasteiger partial charge in [-0.15, -0.1) is 0 Å². The fourth-order valence-electron chi connectivity index (χ4n) is 3.53. The molecule has 0 atom stereocenters. The van der Waals surface area contributed by atoms with E-state index < -0.39 is 0 Å². The molecule has 2 heterocycles. The molecule has 0 saturated heterocycles. The van der Waals surface area contributed by atoms with E-state index in [1.807, 2.05) is 0 Å². The Balaban J connectivity index is 2.15. The molecule has 1 saturated carbocycles. The summed E-state index contributed by atoms with van der Waals surface area (Å²) in [7, 11) is 0. The molecule has 1 aliphatic heterocycles. The molecule has 0 unspecified atom stereocenters. The molecule has 0 bridgehead atoms. The van der Waals surface area contributed by atoms with Crippen molar-refractivity contribution in [3.8, 4) is 0 Å². The lowest BCUT2D eigenvalue weighted by atomic mass is 9.99. The highest BCUT2D eigenvalue weighted by atomic mass is 15.0. The zero-order valence-corrected chi connectivity index (χ0v) is 10.3. The Morgan fingerprint density at radius 3 is 2.88 bits per heavy atom. The number of aryl methyl sites for hydroxylation is 2. The molecule has 2 heteroatoms. The molecular weight excluding hydrogens is 208 g/mol. The van der Waals surface area contributed by atoms with Gasteiger partial charge in [0.15, 0.2) is 0 Å². The summed E-state index contributed by atoms with van der Waals surface area (Å²) in [5.74, 6) is 0. The van der Waals surface area contributed by atoms with Crippen LogP contribution in [-0.4, -0.2) is 4.57 Å². The van der Waals surface area contributed by atoms with Crippen LogP contribution in [0.25, 0.3) is 10.9 Å². The van der Waals surface area contributed by atoms with E-state index in [9.17, 15) is 0 Å². The molecule has 2 aromatic rings. The third-order valence-corrected chi connectivity index (χ3v) is 4.54. The standard InChI is InChI=1S/C15H18N2/c1-10-13(15(16)7-8-15)12-6-2-4-11-5-3-9-17(10)14(11)12/h2,4,6H,3,5,7-9,16H2,1H3. The van der Waals surface area contributed by atoms with Crippen molar-refractivity contribution in [3.63, 3.8) is 0 Å². The highest BCUT2D eigenvalue weighted by Gasteiger charge is 2.44. The van der Waals surface area contributed by atoms with Crippen LogP contribution in [0.3, 0.4) is 0 Å². The topological polar surface area (TPSA) is 30.9 Å². The summed E-state index contributed by atoms with van der Waals surface area (Å²) in [4.78, 5) is 0. The second kappa shape index (κ2) is 2.94. The minimum atomic E-state index is -0.0173. The van der Waals surface area contributed by atoms with Crippen molar-refractivity contribution in [1.82, 2.24) is 4.57 Å². The van der Waals surface area contributed by atoms with E-state index in [0.717, 1.165) is 19.4 Å². The number of nitrogens with two attached hydrogens (primary N) is 1. The van der Waals surface area contributed by atoms with Gasteiger partial charge < -0.3 is 10.3 Å². The minimum absolute atomic E-state index is 0.0173. The zero-order valence-electron chi connectivity index (χ0n) is 10.3. The van der Waals surface area contributed by atoms with Gasteiger partial charge in [0.05, 0.1) is 5.52 Å². The van der Waals surface area contributed by atoms with E-state index in [1.54, 1.807) is 0 Å². The van der Waals surface area contributed by atoms with Gasteiger partial charge in [-0.3, -0.25) is 0 Å². The predicted molar refractivity (Wildman–Crippen MR) is 70.1 cm³/mol. The summed E-state index contributed by atoms with van der Waals surface area (Å²) in [6, 6.07) is 6.73. The first kappa shape index (κ1) is 9.72. The lowest BCUT2D eigenvalue weighted by Gasteiger charge is -2.16. The average Bonchev–Trinajstić information content (AvgIpc) is 3.00. The Morgan fingerprint density at radius 2 is 2.12 bits per heavy atom. The average molecular weight is 226 g/mol. The number of aromatic nitrogens is 1. The van der Waals surface area contributed by atoms with Crippen LogP contribution in [0.15, 0.2) is 18.2 Å². The molecule has 1 aromatic heterocycles. The number of benzene rings is 1. The molecule has 1 aliphatic carbocycles. The SMILES string of the molecule is Cc1c(C2(N)CC2)c2cccc3c2n1CCC3. The molecule has 2 nitrogen and oxygen atoms in total. The normalized spacial score (nSPS) is 20.8. The van der Waals surface area contributed by atoms with Crippen LogP contribution in [0.1, 0.15) is 36.1 Å². The molecule has 0 amide bonds. The Labute approximate surface area is 101 Å². The van der Waals surface area contributed by atoms with E-state index in [4.69, 9.17) is 5.73 Å². The molecule has 0 radical (unpaired) electrons. The Morgan fingerprint density at radius 1 is 1.29 bits per heavy atom. The van der Waals surface area contributed by atoms with Crippen molar-refractivity contribution in [3.05, 3.63) is 35.0 Å². The molecule has 1 aromatic carbocycles. The van der Waals surface area contributed by atoms with Gasteiger partial charge in [-0.2, -0.15) is 0 Å². The van der Waals surface area contributed by atoms with Gasteiger partial charge in [0.1, 0.15) is 0 Å². The van der Waals surface area contributed by atoms with E-state index in [-0.39, 0.29) is 5.54 Å². The predicted octanol–water partition coefficient (Wildman–Crippen LogP) is 2.84. The van der Waals surface area contributed by atoms with Crippen molar-refractivity contribution in [1.29, 1.82) is 0 Å². The summed E-state index contributed by atoms with van der Waals surface area (Å²) < 4.78 is 2.50. The highest BCUT2D eigenvalue weighted by Crippen LogP contribution is 2.48. The fourth-order valence-corrected chi connectivity index (χ4v) is 3.53. The van der Waals surface area contributed by atoms with Crippen LogP contribution in [0.2, 0.25) is 0 Å². The van der Waals surface area contributed by atoms with Crippen LogP contribution in [0.4, 0.5) is 0 Å². The van der Waals surface area contributed by atoms with E-state index in [0.29, 0.717) is 0 Å². The van der Waals surface area contributed by atoms with Gasteiger partial charge in [-0.1, -0.05) is 18.2 Å². The van der Waals surface area contributed by atoms with Gasteiger partial charge in [-0.25, -0.2) is 0 Å². The quantitative estimate of drug-likeness (QED) is 0.796. The Hall–Kier alpha value is -1.28. The summed E-state index contributed by atoms with van der Waals surface area (Å²) in [5.41, 5.74) is 12.2. The van der Waals surface area contributed by atoms with Crippen molar-refractivity contribution in [2.75, 3.05) is 0 Å². The third-order valence-electron chi connectivity index (χ3n) is 4.54. The van der Waals surface area contributed by atoms with Crippen LogP contribution >= 0.6 is 0 Å². The Kier molecular flexibility index (Phi) is 1.68. The zero-order chi connectivity index (χ0) is 11.6. The first-order chi connectivity index (χ1) is 8.21. The van der Waals surface area contributed by atoms with Crippen molar-refractivity contribution in [2.45, 2.75) is 44.7 Å². The fraction of sp³-hybridized carbons (Fsp3) is 0.467. The molecular formula is C15H18N2. The second-order valence-corrected chi connectivity index (χ2v) is 5.69. The van der Waals surface area contributed by atoms with Gasteiger partial charge >= 0.3 is 0 Å². The van der Waals surface area contributed by atoms with E-state index in [2.05, 4.69) is 29.7 Å². The lowest BCUT2D eigenvalue weighted by molar-refractivity contribution is 0.614. The highest BCUT2D eigenvalue weighted by molar-refractivity contribution is 5.90. The van der Waals surface area contributed by atoms with Crippen LogP contribution in [0, 0.1) is 6.92 Å². The maximum absolute atomic E-state index is 6.46. The van der Waals surface area contributed by atoms with Crippen LogP contribution < -0.4 is 5.73 Å². The first-order valence-electron chi connectivity index (χ1n) is 6.61. The van der Waals surface area contributed by atoms with E-state index in [1.165, 1.54) is 40.6 Å². The molecule has 4 rings (SSSR count). The third kappa shape index (κ3) is 1.14. The largest absolute Gasteiger partial charge is 0.344 e. The minimum Gasteiger partial charge on any atom is -0.344 e. The molecule has 2 N–H and O–H groups in total. The summed E-state index contributed by atoms with van der Waals surface area (Å²) in [5, 5.41) is 1.42. The molecule has 88 valence electrons. The van der Waals surface area contributed by atoms with Gasteiger partial charge in [0.25, 0.3) is 0 Å². The van der Waals surface area contributed by atoms with Crippen molar-refractivity contribution in [2.24, 2.45) is 5.73 Å². The number of hydrogen-bond acceptors (Lipinski definition) is 1. The lowest BCUT2D eigenvalue weighted by Crippen LogP contribution is -2.20. The van der Waals surface area contributed by atoms with E-state index >= 15 is 0 Å². The molecule has 2 aliphatic rings. The van der Waals surface area contributed by atoms with Crippen LogP contribution in [-0.2, 0) is 18.5 Å². The van der Waals surface area contributed by atoms with Gasteiger partial charge in [0, 0.05) is 28.7 Å². The summed E-state index contributed by atoms with van der Waals surface area (Å²) in [6.45, 7) is 3.41. The maximum Gasteiger partial charge on any atom is 0.0518 e. The number of para-hydroxylation sites is 1. The monoisotopic (exact) mass is 226 g/mol. The smallest absolute Gasteiger partial charge is 0.0518 e. The molecule has 17 heavy (non-hydrogen) atoms. The van der Waals surface area contributed by atoms with Crippen molar-refractivity contribution >= 4 is 10.9 Å². The summed E-state index contributed by atoms with van der Waals surface area (Å²) >= 11 is 0. The number of rotatable bonds is 1. The number of nitrogens with zero attached hydrogens (tertiary/aromatic N) is 1. The number of hydrogen-bond donors (Lipinski definition) is 1. The van der Waals surface area contributed by atoms with Crippen LogP contribution in [0.5, 0.6) is 0 Å². The second-order valence-electron chi connectivity index (χ2n) is 5.69. The first-order valence-corrected chi connectivity index (χ1v) is 6.61. The maximum atomic E-state index is 6.46. The molecule has 0 spiro atoms. The summed E-state index contributed by atoms with van der Waals surface area (Å²) in [6.07, 6.45) is 4.78. The van der Waals surface area contributed by atoms with Gasteiger partial charge in [0.2, 0.25) is 0 Å². The van der Waals surface area contributed by atoms with Crippen molar-refractivity contribution < 1.29 is 0 Å². The Bertz CT molecular complexity index is 617. The molecule has 1 fully saturated rings. The van der Waals surface area contributed by atoms with Gasteiger partial charge in [-0.05, 0) is 38.2 Å².